The zero-order valence-electron chi connectivity index (χ0n) is 19.5. The quantitative estimate of drug-likeness (QED) is 0.420. The molecule has 0 saturated heterocycles. The van der Waals surface area contributed by atoms with Crippen LogP contribution >= 0.6 is 0 Å². The molecule has 3 aromatic carbocycles. The van der Waals surface area contributed by atoms with Crippen molar-refractivity contribution in [3.63, 3.8) is 0 Å². The average molecular weight is 450 g/mol. The molecule has 3 aromatic rings. The molecule has 1 heterocycles. The second kappa shape index (κ2) is 10.9. The summed E-state index contributed by atoms with van der Waals surface area (Å²) in [4.78, 5) is 2.42. The Kier molecular flexibility index (Phi) is 7.73. The summed E-state index contributed by atoms with van der Waals surface area (Å²) >= 11 is 0. The minimum atomic E-state index is -0.211. The van der Waals surface area contributed by atoms with Crippen LogP contribution in [0.15, 0.2) is 66.7 Å². The zero-order valence-corrected chi connectivity index (χ0v) is 19.5. The van der Waals surface area contributed by atoms with Gasteiger partial charge in [0.05, 0.1) is 0 Å². The highest BCUT2D eigenvalue weighted by Crippen LogP contribution is 2.26. The molecule has 0 fully saturated rings. The molecule has 33 heavy (non-hydrogen) atoms. The van der Waals surface area contributed by atoms with Gasteiger partial charge in [0.15, 0.2) is 0 Å². The first-order valence-electron chi connectivity index (χ1n) is 11.8. The number of hydrogen-bond acceptors (Lipinski definition) is 3. The van der Waals surface area contributed by atoms with E-state index in [1.165, 1.54) is 23.3 Å². The fraction of sp³-hybridized carbons (Fsp3) is 0.357. The maximum atomic E-state index is 13.8. The summed E-state index contributed by atoms with van der Waals surface area (Å²) in [5.74, 6) is -0.392. The van der Waals surface area contributed by atoms with Crippen molar-refractivity contribution in [2.45, 2.75) is 51.9 Å². The molecule has 0 amide bonds. The van der Waals surface area contributed by atoms with Crippen molar-refractivity contribution in [3.05, 3.63) is 101 Å². The Labute approximate surface area is 195 Å². The highest BCUT2D eigenvalue weighted by atomic mass is 19.1. The first-order valence-corrected chi connectivity index (χ1v) is 11.8. The fourth-order valence-electron chi connectivity index (χ4n) is 4.53. The van der Waals surface area contributed by atoms with Gasteiger partial charge in [-0.05, 0) is 85.3 Å². The maximum absolute atomic E-state index is 13.8. The van der Waals surface area contributed by atoms with Crippen LogP contribution in [0.2, 0.25) is 0 Å². The van der Waals surface area contributed by atoms with Crippen molar-refractivity contribution < 1.29 is 8.78 Å². The van der Waals surface area contributed by atoms with Gasteiger partial charge in [-0.2, -0.15) is 0 Å². The van der Waals surface area contributed by atoms with E-state index in [0.29, 0.717) is 12.1 Å². The van der Waals surface area contributed by atoms with Crippen LogP contribution in [-0.4, -0.2) is 30.1 Å². The highest BCUT2D eigenvalue weighted by molar-refractivity contribution is 5.45. The molecular weight excluding hydrogens is 416 g/mol. The Balaban J connectivity index is 1.36. The summed E-state index contributed by atoms with van der Waals surface area (Å²) < 4.78 is 27.2. The molecule has 1 aliphatic rings. The average Bonchev–Trinajstić information content (AvgIpc) is 2.79. The zero-order chi connectivity index (χ0) is 23.2. The first kappa shape index (κ1) is 23.4. The molecule has 174 valence electrons. The summed E-state index contributed by atoms with van der Waals surface area (Å²) in [6.07, 6.45) is 1.72. The van der Waals surface area contributed by atoms with Gasteiger partial charge in [0.2, 0.25) is 0 Å². The number of halogens is 2. The smallest absolute Gasteiger partial charge is 0.123 e. The summed E-state index contributed by atoms with van der Waals surface area (Å²) in [6, 6.07) is 21.1. The molecule has 1 unspecified atom stereocenters. The van der Waals surface area contributed by atoms with Crippen molar-refractivity contribution in [2.24, 2.45) is 0 Å². The third-order valence-corrected chi connectivity index (χ3v) is 6.21. The van der Waals surface area contributed by atoms with E-state index in [1.807, 2.05) is 18.2 Å². The Morgan fingerprint density at radius 2 is 1.58 bits per heavy atom. The topological polar surface area (TPSA) is 27.3 Å². The van der Waals surface area contributed by atoms with Crippen molar-refractivity contribution in [1.82, 2.24) is 10.2 Å². The molecule has 2 N–H and O–H groups in total. The van der Waals surface area contributed by atoms with Crippen LogP contribution in [0.1, 0.15) is 36.1 Å². The van der Waals surface area contributed by atoms with Crippen molar-refractivity contribution in [1.29, 1.82) is 0 Å². The number of hydrogen-bond donors (Lipinski definition) is 2. The van der Waals surface area contributed by atoms with Crippen LogP contribution in [0.5, 0.6) is 0 Å². The van der Waals surface area contributed by atoms with Crippen molar-refractivity contribution >= 4 is 5.69 Å². The number of anilines is 1. The Morgan fingerprint density at radius 1 is 0.879 bits per heavy atom. The van der Waals surface area contributed by atoms with Gasteiger partial charge in [-0.1, -0.05) is 30.3 Å². The Morgan fingerprint density at radius 3 is 2.30 bits per heavy atom. The van der Waals surface area contributed by atoms with E-state index in [9.17, 15) is 8.78 Å². The lowest BCUT2D eigenvalue weighted by Gasteiger charge is -2.37. The summed E-state index contributed by atoms with van der Waals surface area (Å²) in [5, 5.41) is 6.96. The van der Waals surface area contributed by atoms with Crippen molar-refractivity contribution in [3.8, 4) is 0 Å². The monoisotopic (exact) mass is 449 g/mol. The van der Waals surface area contributed by atoms with E-state index in [-0.39, 0.29) is 11.6 Å². The normalized spacial score (nSPS) is 16.1. The standard InChI is InChI=1S/C28H33F2N3/c1-20(2)32-27-11-5-22(6-12-27)18-31-13-14-33-19-24-16-26(30)10-7-23(24)17-28(33)15-21-3-8-25(29)9-4-21/h3-12,16,20,28,31-32H,13-15,17-19H2,1-2H3. The van der Waals surface area contributed by atoms with Gasteiger partial charge in [0.1, 0.15) is 11.6 Å². The van der Waals surface area contributed by atoms with Crippen LogP contribution in [0, 0.1) is 11.6 Å². The first-order chi connectivity index (χ1) is 16.0. The molecule has 0 aromatic heterocycles. The molecule has 0 bridgehead atoms. The third kappa shape index (κ3) is 6.62. The van der Waals surface area contributed by atoms with E-state index in [4.69, 9.17) is 0 Å². The fourth-order valence-corrected chi connectivity index (χ4v) is 4.53. The van der Waals surface area contributed by atoms with E-state index in [0.717, 1.165) is 55.8 Å². The van der Waals surface area contributed by atoms with Gasteiger partial charge in [0.25, 0.3) is 0 Å². The molecule has 0 saturated carbocycles. The molecule has 0 radical (unpaired) electrons. The maximum Gasteiger partial charge on any atom is 0.123 e. The number of fused-ring (bicyclic) bond motifs is 1. The van der Waals surface area contributed by atoms with Gasteiger partial charge in [-0.3, -0.25) is 4.90 Å². The number of nitrogens with one attached hydrogen (secondary N) is 2. The predicted octanol–water partition coefficient (Wildman–Crippen LogP) is 5.54. The molecule has 5 heteroatoms. The molecular formula is C28H33F2N3. The SMILES string of the molecule is CC(C)Nc1ccc(CNCCN2Cc3cc(F)ccc3CC2Cc2ccc(F)cc2)cc1. The van der Waals surface area contributed by atoms with Gasteiger partial charge in [-0.15, -0.1) is 0 Å². The number of benzene rings is 3. The summed E-state index contributed by atoms with van der Waals surface area (Å²) in [6.45, 7) is 7.52. The van der Waals surface area contributed by atoms with Crippen LogP contribution in [0.3, 0.4) is 0 Å². The summed E-state index contributed by atoms with van der Waals surface area (Å²) in [5.41, 5.74) is 5.79. The lowest BCUT2D eigenvalue weighted by Crippen LogP contribution is -2.44. The van der Waals surface area contributed by atoms with Crippen molar-refractivity contribution in [2.75, 3.05) is 18.4 Å². The molecule has 4 rings (SSSR count). The molecule has 0 spiro atoms. The highest BCUT2D eigenvalue weighted by Gasteiger charge is 2.26. The minimum Gasteiger partial charge on any atom is -0.383 e. The van der Waals surface area contributed by atoms with Gasteiger partial charge in [0, 0.05) is 44.0 Å². The van der Waals surface area contributed by atoms with E-state index in [2.05, 4.69) is 53.6 Å². The lowest BCUT2D eigenvalue weighted by atomic mass is 9.90. The molecule has 3 nitrogen and oxygen atoms in total. The molecule has 1 aliphatic heterocycles. The van der Waals surface area contributed by atoms with Crippen LogP contribution in [0.25, 0.3) is 0 Å². The minimum absolute atomic E-state index is 0.181. The van der Waals surface area contributed by atoms with Gasteiger partial charge >= 0.3 is 0 Å². The van der Waals surface area contributed by atoms with Crippen LogP contribution < -0.4 is 10.6 Å². The number of nitrogens with zero attached hydrogens (tertiary/aromatic N) is 1. The second-order valence-electron chi connectivity index (χ2n) is 9.24. The van der Waals surface area contributed by atoms with Crippen LogP contribution in [-0.2, 0) is 25.9 Å². The van der Waals surface area contributed by atoms with E-state index in [1.54, 1.807) is 12.1 Å². The van der Waals surface area contributed by atoms with E-state index < -0.39 is 0 Å². The van der Waals surface area contributed by atoms with Gasteiger partial charge < -0.3 is 10.6 Å². The number of rotatable bonds is 9. The lowest BCUT2D eigenvalue weighted by molar-refractivity contribution is 0.170. The third-order valence-electron chi connectivity index (χ3n) is 6.21. The van der Waals surface area contributed by atoms with Crippen LogP contribution in [0.4, 0.5) is 14.5 Å². The molecule has 1 atom stereocenters. The largest absolute Gasteiger partial charge is 0.383 e. The summed E-state index contributed by atoms with van der Waals surface area (Å²) in [7, 11) is 0. The predicted molar refractivity (Wildman–Crippen MR) is 131 cm³/mol. The van der Waals surface area contributed by atoms with E-state index >= 15 is 0 Å². The van der Waals surface area contributed by atoms with Gasteiger partial charge in [-0.25, -0.2) is 8.78 Å². The molecule has 0 aliphatic carbocycles. The Hall–Kier alpha value is -2.76. The second-order valence-corrected chi connectivity index (χ2v) is 9.24. The Bertz CT molecular complexity index is 1030.